The van der Waals surface area contributed by atoms with Crippen molar-refractivity contribution in [2.75, 3.05) is 0 Å². The number of rotatable bonds is 3. The lowest BCUT2D eigenvalue weighted by atomic mass is 10.3. The topological polar surface area (TPSA) is 92.4 Å². The number of amides is 2. The molecule has 0 aliphatic heterocycles. The molecular weight excluding hydrogens is 160 g/mol. The highest BCUT2D eigenvalue weighted by Crippen LogP contribution is 1.84. The SMILES string of the molecule is CCC.NC(=O)CCC(=O)NO. The van der Waals surface area contributed by atoms with E-state index in [1.807, 2.05) is 0 Å². The lowest BCUT2D eigenvalue weighted by Gasteiger charge is -1.92. The Kier molecular flexibility index (Phi) is 11.1. The van der Waals surface area contributed by atoms with Crippen LogP contribution in [0.1, 0.15) is 33.1 Å². The standard InChI is InChI=1S/C4H8N2O3.C3H8/c5-3(7)1-2-4(8)6-9;1-3-2/h9H,1-2H2,(H2,5,7)(H,6,8);3H2,1-2H3. The van der Waals surface area contributed by atoms with Gasteiger partial charge in [-0.15, -0.1) is 0 Å². The van der Waals surface area contributed by atoms with E-state index in [0.29, 0.717) is 0 Å². The number of hydrogen-bond acceptors (Lipinski definition) is 3. The average molecular weight is 176 g/mol. The average Bonchev–Trinajstić information content (AvgIpc) is 2.01. The summed E-state index contributed by atoms with van der Waals surface area (Å²) in [6.45, 7) is 4.25. The van der Waals surface area contributed by atoms with Gasteiger partial charge in [-0.3, -0.25) is 14.8 Å². The van der Waals surface area contributed by atoms with Gasteiger partial charge in [-0.25, -0.2) is 5.48 Å². The molecule has 0 aliphatic rings. The van der Waals surface area contributed by atoms with E-state index < -0.39 is 11.8 Å². The minimum Gasteiger partial charge on any atom is -0.370 e. The van der Waals surface area contributed by atoms with Gasteiger partial charge in [0.2, 0.25) is 11.8 Å². The van der Waals surface area contributed by atoms with Crippen LogP contribution >= 0.6 is 0 Å². The van der Waals surface area contributed by atoms with E-state index in [-0.39, 0.29) is 12.8 Å². The number of carbonyl (C=O) groups is 2. The first-order chi connectivity index (χ1) is 5.58. The van der Waals surface area contributed by atoms with E-state index in [0.717, 1.165) is 0 Å². The molecule has 0 aliphatic carbocycles. The Balaban J connectivity index is 0. The fourth-order valence-corrected chi connectivity index (χ4v) is 0.293. The van der Waals surface area contributed by atoms with Gasteiger partial charge in [0.25, 0.3) is 0 Å². The highest BCUT2D eigenvalue weighted by Gasteiger charge is 2.00. The Morgan fingerprint density at radius 2 is 1.75 bits per heavy atom. The molecule has 0 bridgehead atoms. The minimum absolute atomic E-state index is 0.0353. The molecule has 0 aromatic heterocycles. The molecule has 0 aromatic rings. The maximum atomic E-state index is 10.1. The molecule has 2 amide bonds. The molecule has 0 unspecified atom stereocenters. The van der Waals surface area contributed by atoms with Gasteiger partial charge in [0, 0.05) is 12.8 Å². The Hall–Kier alpha value is -1.10. The first-order valence-corrected chi connectivity index (χ1v) is 3.79. The molecule has 0 fully saturated rings. The van der Waals surface area contributed by atoms with E-state index in [1.165, 1.54) is 11.9 Å². The normalized spacial score (nSPS) is 7.92. The Labute approximate surface area is 71.9 Å². The van der Waals surface area contributed by atoms with E-state index in [1.54, 1.807) is 0 Å². The van der Waals surface area contributed by atoms with Crippen LogP contribution in [0.25, 0.3) is 0 Å². The molecule has 0 radical (unpaired) electrons. The predicted octanol–water partition coefficient (Wildman–Crippen LogP) is 0.174. The van der Waals surface area contributed by atoms with Gasteiger partial charge in [-0.2, -0.15) is 0 Å². The molecule has 72 valence electrons. The second-order valence-corrected chi connectivity index (χ2v) is 2.21. The van der Waals surface area contributed by atoms with Gasteiger partial charge in [-0.05, 0) is 0 Å². The van der Waals surface area contributed by atoms with Crippen molar-refractivity contribution in [2.24, 2.45) is 5.73 Å². The van der Waals surface area contributed by atoms with Crippen molar-refractivity contribution in [1.82, 2.24) is 5.48 Å². The largest absolute Gasteiger partial charge is 0.370 e. The molecule has 5 nitrogen and oxygen atoms in total. The van der Waals surface area contributed by atoms with Crippen molar-refractivity contribution >= 4 is 11.8 Å². The van der Waals surface area contributed by atoms with Gasteiger partial charge in [-0.1, -0.05) is 20.3 Å². The third-order valence-corrected chi connectivity index (χ3v) is 0.723. The van der Waals surface area contributed by atoms with Gasteiger partial charge in [0.1, 0.15) is 0 Å². The Morgan fingerprint density at radius 1 is 1.33 bits per heavy atom. The van der Waals surface area contributed by atoms with Crippen LogP contribution in [0.2, 0.25) is 0 Å². The Morgan fingerprint density at radius 3 is 2.00 bits per heavy atom. The van der Waals surface area contributed by atoms with Crippen LogP contribution in [0.15, 0.2) is 0 Å². The quantitative estimate of drug-likeness (QED) is 0.423. The van der Waals surface area contributed by atoms with Crippen molar-refractivity contribution in [3.8, 4) is 0 Å². The Bertz CT molecular complexity index is 137. The molecule has 4 N–H and O–H groups in total. The number of nitrogens with two attached hydrogens (primary N) is 1. The first kappa shape index (κ1) is 13.5. The maximum Gasteiger partial charge on any atom is 0.243 e. The van der Waals surface area contributed by atoms with Crippen LogP contribution in [0, 0.1) is 0 Å². The fraction of sp³-hybridized carbons (Fsp3) is 0.714. The van der Waals surface area contributed by atoms with Crippen molar-refractivity contribution in [3.63, 3.8) is 0 Å². The summed E-state index contributed by atoms with van der Waals surface area (Å²) in [5.74, 6) is -1.16. The summed E-state index contributed by atoms with van der Waals surface area (Å²) in [5, 5.41) is 7.90. The summed E-state index contributed by atoms with van der Waals surface area (Å²) in [7, 11) is 0. The summed E-state index contributed by atoms with van der Waals surface area (Å²) in [6.07, 6.45) is 1.15. The first-order valence-electron chi connectivity index (χ1n) is 3.79. The molecule has 0 aromatic carbocycles. The van der Waals surface area contributed by atoms with Gasteiger partial charge < -0.3 is 5.73 Å². The number of hydrogen-bond donors (Lipinski definition) is 3. The minimum atomic E-state index is -0.603. The van der Waals surface area contributed by atoms with Crippen molar-refractivity contribution < 1.29 is 14.8 Å². The molecule has 0 spiro atoms. The van der Waals surface area contributed by atoms with Crippen LogP contribution in [-0.2, 0) is 9.59 Å². The zero-order valence-electron chi connectivity index (χ0n) is 7.46. The number of carbonyl (C=O) groups excluding carboxylic acids is 2. The highest BCUT2D eigenvalue weighted by atomic mass is 16.5. The van der Waals surface area contributed by atoms with Crippen LogP contribution in [0.5, 0.6) is 0 Å². The van der Waals surface area contributed by atoms with Crippen molar-refractivity contribution in [1.29, 1.82) is 0 Å². The van der Waals surface area contributed by atoms with Crippen molar-refractivity contribution in [2.45, 2.75) is 33.1 Å². The lowest BCUT2D eigenvalue weighted by molar-refractivity contribution is -0.131. The van der Waals surface area contributed by atoms with Gasteiger partial charge in [0.15, 0.2) is 0 Å². The van der Waals surface area contributed by atoms with Gasteiger partial charge in [0.05, 0.1) is 0 Å². The number of primary amides is 1. The summed E-state index contributed by atoms with van der Waals surface area (Å²) in [6, 6.07) is 0. The molecule has 0 saturated heterocycles. The van der Waals surface area contributed by atoms with Crippen LogP contribution < -0.4 is 11.2 Å². The zero-order chi connectivity index (χ0) is 9.98. The molecule has 0 heterocycles. The number of hydroxylamine groups is 1. The van der Waals surface area contributed by atoms with E-state index in [4.69, 9.17) is 10.9 Å². The molecule has 5 heteroatoms. The fourth-order valence-electron chi connectivity index (χ4n) is 0.293. The smallest absolute Gasteiger partial charge is 0.243 e. The molecule has 12 heavy (non-hydrogen) atoms. The van der Waals surface area contributed by atoms with Crippen LogP contribution in [0.4, 0.5) is 0 Å². The molecular formula is C7H16N2O3. The molecule has 0 atom stereocenters. The molecule has 0 rings (SSSR count). The maximum absolute atomic E-state index is 10.1. The summed E-state index contributed by atoms with van der Waals surface area (Å²) in [4.78, 5) is 20.1. The zero-order valence-corrected chi connectivity index (χ0v) is 7.46. The predicted molar refractivity (Wildman–Crippen MR) is 44.3 cm³/mol. The van der Waals surface area contributed by atoms with Crippen molar-refractivity contribution in [3.05, 3.63) is 0 Å². The highest BCUT2D eigenvalue weighted by molar-refractivity contribution is 5.82. The van der Waals surface area contributed by atoms with Gasteiger partial charge >= 0.3 is 0 Å². The third kappa shape index (κ3) is 16.0. The van der Waals surface area contributed by atoms with E-state index in [2.05, 4.69) is 13.8 Å². The second-order valence-electron chi connectivity index (χ2n) is 2.21. The monoisotopic (exact) mass is 176 g/mol. The van der Waals surface area contributed by atoms with E-state index in [9.17, 15) is 9.59 Å². The van der Waals surface area contributed by atoms with Crippen LogP contribution in [0.3, 0.4) is 0 Å². The number of nitrogens with one attached hydrogen (secondary N) is 1. The molecule has 0 saturated carbocycles. The summed E-state index contributed by atoms with van der Waals surface area (Å²) < 4.78 is 0. The van der Waals surface area contributed by atoms with Crippen LogP contribution in [-0.4, -0.2) is 17.0 Å². The van der Waals surface area contributed by atoms with E-state index >= 15 is 0 Å². The second kappa shape index (κ2) is 9.90. The lowest BCUT2D eigenvalue weighted by Crippen LogP contribution is -2.21. The third-order valence-electron chi connectivity index (χ3n) is 0.723. The summed E-state index contributed by atoms with van der Waals surface area (Å²) >= 11 is 0. The summed E-state index contributed by atoms with van der Waals surface area (Å²) in [5.41, 5.74) is 6.07.